The summed E-state index contributed by atoms with van der Waals surface area (Å²) in [4.78, 5) is 11.8. The van der Waals surface area contributed by atoms with Crippen molar-refractivity contribution in [3.8, 4) is 0 Å². The second-order valence-corrected chi connectivity index (χ2v) is 4.13. The van der Waals surface area contributed by atoms with Gasteiger partial charge >= 0.3 is 0 Å². The fourth-order valence-electron chi connectivity index (χ4n) is 0.925. The lowest BCUT2D eigenvalue weighted by molar-refractivity contribution is 0.270. The van der Waals surface area contributed by atoms with Crippen LogP contribution in [0.2, 0.25) is 0 Å². The fourth-order valence-corrected chi connectivity index (χ4v) is 1.72. The molecule has 2 nitrogen and oxygen atoms in total. The Morgan fingerprint density at radius 2 is 2.08 bits per heavy atom. The number of nitrogens with one attached hydrogen (secondary N) is 1. The number of anilines is 1. The summed E-state index contributed by atoms with van der Waals surface area (Å²) in [6.45, 7) is 2.11. The third-order valence-corrected chi connectivity index (χ3v) is 2.42. The van der Waals surface area contributed by atoms with Gasteiger partial charge in [0.25, 0.3) is 5.24 Å². The number of hydrogen-bond donors (Lipinski definition) is 2. The summed E-state index contributed by atoms with van der Waals surface area (Å²) in [5, 5.41) is 2.25. The van der Waals surface area contributed by atoms with Crippen LogP contribution < -0.4 is 5.32 Å². The molecule has 0 fully saturated rings. The quantitative estimate of drug-likeness (QED) is 0.596. The average molecular weight is 213 g/mol. The molecule has 0 heterocycles. The van der Waals surface area contributed by atoms with Crippen molar-refractivity contribution < 1.29 is 4.79 Å². The minimum atomic E-state index is -0.337. The van der Waals surface area contributed by atoms with Crippen molar-refractivity contribution in [1.29, 1.82) is 0 Å². The van der Waals surface area contributed by atoms with Crippen LogP contribution in [0, 0.1) is 0 Å². The Morgan fingerprint density at radius 1 is 1.46 bits per heavy atom. The van der Waals surface area contributed by atoms with Crippen molar-refractivity contribution >= 4 is 35.3 Å². The molecule has 0 unspecified atom stereocenters. The molecular formula is C9H11NOS2. The highest BCUT2D eigenvalue weighted by Crippen LogP contribution is 2.19. The van der Waals surface area contributed by atoms with Gasteiger partial charge in [-0.1, -0.05) is 19.6 Å². The topological polar surface area (TPSA) is 29.1 Å². The molecule has 1 amide bonds. The monoisotopic (exact) mass is 213 g/mol. The first-order valence-electron chi connectivity index (χ1n) is 3.95. The molecule has 0 saturated heterocycles. The van der Waals surface area contributed by atoms with E-state index in [4.69, 9.17) is 0 Å². The van der Waals surface area contributed by atoms with E-state index in [1.807, 2.05) is 24.3 Å². The van der Waals surface area contributed by atoms with Crippen molar-refractivity contribution in [3.05, 3.63) is 24.3 Å². The third kappa shape index (κ3) is 3.74. The van der Waals surface area contributed by atoms with Gasteiger partial charge in [0.2, 0.25) is 0 Å². The maximum Gasteiger partial charge on any atom is 0.280 e. The van der Waals surface area contributed by atoms with Crippen molar-refractivity contribution in [2.45, 2.75) is 11.8 Å². The number of carbonyl (C=O) groups excluding carboxylic acids is 1. The van der Waals surface area contributed by atoms with Crippen molar-refractivity contribution in [1.82, 2.24) is 0 Å². The molecule has 1 rings (SSSR count). The molecule has 4 heteroatoms. The van der Waals surface area contributed by atoms with Crippen LogP contribution >= 0.6 is 24.4 Å². The van der Waals surface area contributed by atoms with Crippen LogP contribution in [0.4, 0.5) is 10.5 Å². The molecule has 0 radical (unpaired) electrons. The molecule has 0 bridgehead atoms. The van der Waals surface area contributed by atoms with Crippen LogP contribution in [-0.4, -0.2) is 11.0 Å². The van der Waals surface area contributed by atoms with Gasteiger partial charge in [-0.15, -0.1) is 11.8 Å². The van der Waals surface area contributed by atoms with Gasteiger partial charge in [-0.3, -0.25) is 4.79 Å². The summed E-state index contributed by atoms with van der Waals surface area (Å²) in [7, 11) is 0. The van der Waals surface area contributed by atoms with Crippen molar-refractivity contribution in [2.24, 2.45) is 0 Å². The highest BCUT2D eigenvalue weighted by atomic mass is 32.2. The predicted molar refractivity (Wildman–Crippen MR) is 60.8 cm³/mol. The summed E-state index contributed by atoms with van der Waals surface area (Å²) in [5.41, 5.74) is 0.778. The SMILES string of the molecule is CCSc1ccc(NC(=O)S)cc1. The van der Waals surface area contributed by atoms with Crippen LogP contribution in [0.1, 0.15) is 6.92 Å². The van der Waals surface area contributed by atoms with Crippen LogP contribution in [0.15, 0.2) is 29.2 Å². The molecule has 0 aliphatic heterocycles. The number of rotatable bonds is 3. The summed E-state index contributed by atoms with van der Waals surface area (Å²) in [5.74, 6) is 1.05. The van der Waals surface area contributed by atoms with E-state index < -0.39 is 0 Å². The molecule has 0 spiro atoms. The van der Waals surface area contributed by atoms with Crippen LogP contribution in [0.25, 0.3) is 0 Å². The van der Waals surface area contributed by atoms with Gasteiger partial charge in [-0.25, -0.2) is 0 Å². The molecule has 1 N–H and O–H groups in total. The van der Waals surface area contributed by atoms with E-state index in [1.54, 1.807) is 11.8 Å². The van der Waals surface area contributed by atoms with Gasteiger partial charge in [-0.05, 0) is 30.0 Å². The Bertz CT molecular complexity index is 284. The predicted octanol–water partition coefficient (Wildman–Crippen LogP) is 3.26. The number of amides is 1. The zero-order valence-corrected chi connectivity index (χ0v) is 8.99. The van der Waals surface area contributed by atoms with Gasteiger partial charge in [-0.2, -0.15) is 0 Å². The third-order valence-electron chi connectivity index (χ3n) is 1.42. The van der Waals surface area contributed by atoms with Crippen LogP contribution in [0.5, 0.6) is 0 Å². The normalized spacial score (nSPS) is 9.69. The van der Waals surface area contributed by atoms with E-state index in [2.05, 4.69) is 24.9 Å². The molecular weight excluding hydrogens is 202 g/mol. The Morgan fingerprint density at radius 3 is 2.54 bits per heavy atom. The first-order chi connectivity index (χ1) is 6.22. The van der Waals surface area contributed by atoms with E-state index in [9.17, 15) is 4.79 Å². The van der Waals surface area contributed by atoms with Gasteiger partial charge in [0.1, 0.15) is 0 Å². The Hall–Kier alpha value is -0.610. The van der Waals surface area contributed by atoms with Gasteiger partial charge in [0, 0.05) is 10.6 Å². The number of hydrogen-bond acceptors (Lipinski definition) is 2. The highest BCUT2D eigenvalue weighted by Gasteiger charge is 1.95. The number of thiol groups is 1. The smallest absolute Gasteiger partial charge is 0.280 e. The van der Waals surface area contributed by atoms with E-state index in [-0.39, 0.29) is 5.24 Å². The molecule has 0 atom stereocenters. The van der Waals surface area contributed by atoms with E-state index in [0.29, 0.717) is 0 Å². The summed E-state index contributed by atoms with van der Waals surface area (Å²) < 4.78 is 0. The second kappa shape index (κ2) is 5.19. The standard InChI is InChI=1S/C9H11NOS2/c1-2-13-8-5-3-7(4-6-8)10-9(11)12/h3-6H,2H2,1H3,(H2,10,11,12). The lowest BCUT2D eigenvalue weighted by atomic mass is 10.3. The fraction of sp³-hybridized carbons (Fsp3) is 0.222. The number of carbonyl (C=O) groups is 1. The van der Waals surface area contributed by atoms with Crippen molar-refractivity contribution in [2.75, 3.05) is 11.1 Å². The minimum Gasteiger partial charge on any atom is -0.317 e. The van der Waals surface area contributed by atoms with Gasteiger partial charge in [0.15, 0.2) is 0 Å². The first-order valence-corrected chi connectivity index (χ1v) is 5.38. The Kier molecular flexibility index (Phi) is 4.18. The molecule has 1 aromatic rings. The summed E-state index contributed by atoms with van der Waals surface area (Å²) in [6, 6.07) is 7.69. The number of thioether (sulfide) groups is 1. The molecule has 1 aromatic carbocycles. The zero-order valence-electron chi connectivity index (χ0n) is 7.28. The first kappa shape index (κ1) is 10.5. The summed E-state index contributed by atoms with van der Waals surface area (Å²) in [6.07, 6.45) is 0. The maximum atomic E-state index is 10.6. The second-order valence-electron chi connectivity index (χ2n) is 2.39. The molecule has 0 aromatic heterocycles. The molecule has 0 saturated carbocycles. The Balaban J connectivity index is 2.64. The zero-order chi connectivity index (χ0) is 9.68. The maximum absolute atomic E-state index is 10.6. The minimum absolute atomic E-state index is 0.337. The Labute approximate surface area is 87.5 Å². The van der Waals surface area contributed by atoms with Gasteiger partial charge < -0.3 is 5.32 Å². The summed E-state index contributed by atoms with van der Waals surface area (Å²) >= 11 is 5.39. The number of benzene rings is 1. The molecule has 0 aliphatic rings. The lowest BCUT2D eigenvalue weighted by Gasteiger charge is -2.02. The van der Waals surface area contributed by atoms with Crippen molar-refractivity contribution in [3.63, 3.8) is 0 Å². The van der Waals surface area contributed by atoms with E-state index in [0.717, 1.165) is 11.4 Å². The van der Waals surface area contributed by atoms with Gasteiger partial charge in [0.05, 0.1) is 0 Å². The van der Waals surface area contributed by atoms with E-state index in [1.165, 1.54) is 4.90 Å². The lowest BCUT2D eigenvalue weighted by Crippen LogP contribution is -2.00. The van der Waals surface area contributed by atoms with Crippen LogP contribution in [-0.2, 0) is 0 Å². The van der Waals surface area contributed by atoms with E-state index >= 15 is 0 Å². The molecule has 0 aliphatic carbocycles. The molecule has 70 valence electrons. The van der Waals surface area contributed by atoms with Crippen LogP contribution in [0.3, 0.4) is 0 Å². The average Bonchev–Trinajstić information content (AvgIpc) is 2.08. The highest BCUT2D eigenvalue weighted by molar-refractivity contribution is 7.99. The largest absolute Gasteiger partial charge is 0.317 e. The molecule has 13 heavy (non-hydrogen) atoms.